The molecule has 3 nitrogen and oxygen atoms in total. The summed E-state index contributed by atoms with van der Waals surface area (Å²) in [4.78, 5) is -0.718. The molecular formula is C13H16F3NO2S2. The maximum Gasteiger partial charge on any atom is 0.501 e. The summed E-state index contributed by atoms with van der Waals surface area (Å²) in [5.41, 5.74) is -5.29. The van der Waals surface area contributed by atoms with Crippen LogP contribution in [0.2, 0.25) is 0 Å². The Morgan fingerprint density at radius 3 is 2.57 bits per heavy atom. The van der Waals surface area contributed by atoms with Crippen LogP contribution in [-0.2, 0) is 9.84 Å². The molecule has 1 heterocycles. The maximum absolute atomic E-state index is 12.7. The lowest BCUT2D eigenvalue weighted by Gasteiger charge is -2.24. The molecule has 21 heavy (non-hydrogen) atoms. The van der Waals surface area contributed by atoms with Crippen LogP contribution in [0.25, 0.3) is 0 Å². The Kier molecular flexibility index (Phi) is 4.49. The minimum absolute atomic E-state index is 0.00329. The van der Waals surface area contributed by atoms with E-state index in [1.165, 1.54) is 18.2 Å². The Morgan fingerprint density at radius 1 is 1.33 bits per heavy atom. The van der Waals surface area contributed by atoms with Gasteiger partial charge in [0.15, 0.2) is 0 Å². The fraction of sp³-hybridized carbons (Fsp3) is 0.538. The zero-order valence-electron chi connectivity index (χ0n) is 11.4. The van der Waals surface area contributed by atoms with Crippen molar-refractivity contribution >= 4 is 27.3 Å². The molecule has 0 amide bonds. The van der Waals surface area contributed by atoms with Crippen LogP contribution in [0, 0.1) is 0 Å². The van der Waals surface area contributed by atoms with Gasteiger partial charge in [-0.1, -0.05) is 12.1 Å². The number of nitrogens with one attached hydrogen (secondary N) is 1. The molecule has 0 spiro atoms. The third-order valence-corrected chi connectivity index (χ3v) is 6.52. The number of halogens is 3. The first-order valence-corrected chi connectivity index (χ1v) is 8.91. The largest absolute Gasteiger partial charge is 0.501 e. The zero-order valence-corrected chi connectivity index (χ0v) is 13.0. The van der Waals surface area contributed by atoms with E-state index < -0.39 is 20.2 Å². The van der Waals surface area contributed by atoms with Crippen molar-refractivity contribution in [3.05, 3.63) is 24.3 Å². The first kappa shape index (κ1) is 16.5. The lowest BCUT2D eigenvalue weighted by Crippen LogP contribution is -2.29. The van der Waals surface area contributed by atoms with Crippen molar-refractivity contribution in [3.8, 4) is 0 Å². The van der Waals surface area contributed by atoms with Crippen molar-refractivity contribution < 1.29 is 21.6 Å². The van der Waals surface area contributed by atoms with Crippen LogP contribution in [0.5, 0.6) is 0 Å². The number of alkyl halides is 3. The van der Waals surface area contributed by atoms with Crippen LogP contribution in [0.4, 0.5) is 18.9 Å². The van der Waals surface area contributed by atoms with E-state index in [0.717, 1.165) is 24.7 Å². The van der Waals surface area contributed by atoms with Gasteiger partial charge < -0.3 is 5.32 Å². The molecule has 1 atom stereocenters. The Bertz CT molecular complexity index is 608. The van der Waals surface area contributed by atoms with Crippen LogP contribution in [-0.4, -0.2) is 31.0 Å². The number of para-hydroxylation sites is 1. The third kappa shape index (κ3) is 3.48. The molecule has 0 saturated carbocycles. The highest BCUT2D eigenvalue weighted by molar-refractivity contribution is 8.00. The quantitative estimate of drug-likeness (QED) is 0.909. The van der Waals surface area contributed by atoms with Gasteiger partial charge in [0.05, 0.1) is 10.6 Å². The summed E-state index contributed by atoms with van der Waals surface area (Å²) < 4.78 is 61.2. The minimum atomic E-state index is -5.34. The molecular weight excluding hydrogens is 323 g/mol. The summed E-state index contributed by atoms with van der Waals surface area (Å²) in [7, 11) is -5.34. The molecule has 1 fully saturated rings. The normalized spacial score (nSPS) is 23.2. The summed E-state index contributed by atoms with van der Waals surface area (Å²) in [6.45, 7) is 2.46. The standard InChI is InChI=1S/C13H16F3NO2S2/c1-12(7-4-8-20-12)9-17-10-5-2-3-6-11(10)21(18,19)13(14,15)16/h2-3,5-6,17H,4,7-9H2,1H3. The Labute approximate surface area is 126 Å². The number of rotatable bonds is 4. The molecule has 1 aromatic carbocycles. The van der Waals surface area contributed by atoms with Crippen molar-refractivity contribution in [2.45, 2.75) is 34.9 Å². The Balaban J connectivity index is 2.26. The van der Waals surface area contributed by atoms with E-state index in [4.69, 9.17) is 0 Å². The van der Waals surface area contributed by atoms with E-state index in [1.54, 1.807) is 11.8 Å². The van der Waals surface area contributed by atoms with E-state index >= 15 is 0 Å². The summed E-state index contributed by atoms with van der Waals surface area (Å²) in [5, 5.41) is 2.87. The molecule has 1 N–H and O–H groups in total. The molecule has 118 valence electrons. The van der Waals surface area contributed by atoms with Gasteiger partial charge in [-0.2, -0.15) is 24.9 Å². The lowest BCUT2D eigenvalue weighted by molar-refractivity contribution is -0.0435. The fourth-order valence-electron chi connectivity index (χ4n) is 2.23. The second kappa shape index (κ2) is 5.72. The molecule has 1 saturated heterocycles. The monoisotopic (exact) mass is 339 g/mol. The second-order valence-corrected chi connectivity index (χ2v) is 8.79. The van der Waals surface area contributed by atoms with Crippen molar-refractivity contribution in [2.75, 3.05) is 17.6 Å². The summed E-state index contributed by atoms with van der Waals surface area (Å²) in [5.74, 6) is 1.01. The molecule has 0 bridgehead atoms. The van der Waals surface area contributed by atoms with E-state index in [1.807, 2.05) is 6.92 Å². The highest BCUT2D eigenvalue weighted by Crippen LogP contribution is 2.39. The van der Waals surface area contributed by atoms with E-state index in [2.05, 4.69) is 5.32 Å². The van der Waals surface area contributed by atoms with Gasteiger partial charge in [-0.3, -0.25) is 0 Å². The van der Waals surface area contributed by atoms with Crippen molar-refractivity contribution in [2.24, 2.45) is 0 Å². The Hall–Kier alpha value is -0.890. The predicted octanol–water partition coefficient (Wildman–Crippen LogP) is 3.68. The van der Waals surface area contributed by atoms with Crippen molar-refractivity contribution in [1.82, 2.24) is 0 Å². The molecule has 1 aliphatic heterocycles. The van der Waals surface area contributed by atoms with E-state index in [9.17, 15) is 21.6 Å². The number of hydrogen-bond donors (Lipinski definition) is 1. The zero-order chi connectivity index (χ0) is 15.7. The molecule has 0 radical (unpaired) electrons. The molecule has 2 rings (SSSR count). The number of hydrogen-bond acceptors (Lipinski definition) is 4. The number of thioether (sulfide) groups is 1. The summed E-state index contributed by atoms with van der Waals surface area (Å²) >= 11 is 1.75. The third-order valence-electron chi connectivity index (χ3n) is 3.43. The van der Waals surface area contributed by atoms with Gasteiger partial charge in [0.2, 0.25) is 0 Å². The van der Waals surface area contributed by atoms with E-state index in [-0.39, 0.29) is 10.4 Å². The highest BCUT2D eigenvalue weighted by Gasteiger charge is 2.48. The second-order valence-electron chi connectivity index (χ2n) is 5.20. The maximum atomic E-state index is 12.7. The van der Waals surface area contributed by atoms with Gasteiger partial charge in [-0.05, 0) is 37.7 Å². The van der Waals surface area contributed by atoms with Crippen LogP contribution < -0.4 is 5.32 Å². The van der Waals surface area contributed by atoms with Crippen LogP contribution in [0.15, 0.2) is 29.2 Å². The number of anilines is 1. The first-order chi connectivity index (χ1) is 9.66. The number of benzene rings is 1. The average Bonchev–Trinajstić information content (AvgIpc) is 2.83. The first-order valence-electron chi connectivity index (χ1n) is 6.44. The van der Waals surface area contributed by atoms with Gasteiger partial charge in [0.1, 0.15) is 0 Å². The predicted molar refractivity (Wildman–Crippen MR) is 78.3 cm³/mol. The van der Waals surface area contributed by atoms with Gasteiger partial charge in [0, 0.05) is 11.3 Å². The van der Waals surface area contributed by atoms with Gasteiger partial charge in [-0.25, -0.2) is 8.42 Å². The molecule has 1 unspecified atom stereocenters. The summed E-state index contributed by atoms with van der Waals surface area (Å²) in [6.07, 6.45) is 2.02. The fourth-order valence-corrected chi connectivity index (χ4v) is 4.41. The van der Waals surface area contributed by atoms with Gasteiger partial charge in [-0.15, -0.1) is 0 Å². The Morgan fingerprint density at radius 2 is 2.00 bits per heavy atom. The smallest absolute Gasteiger partial charge is 0.383 e. The van der Waals surface area contributed by atoms with Gasteiger partial charge >= 0.3 is 5.51 Å². The SMILES string of the molecule is CC1(CNc2ccccc2S(=O)(=O)C(F)(F)F)CCCS1. The lowest BCUT2D eigenvalue weighted by atomic mass is 10.1. The minimum Gasteiger partial charge on any atom is -0.383 e. The van der Waals surface area contributed by atoms with Crippen molar-refractivity contribution in [1.29, 1.82) is 0 Å². The molecule has 1 aliphatic rings. The molecule has 8 heteroatoms. The highest BCUT2D eigenvalue weighted by atomic mass is 32.2. The summed E-state index contributed by atoms with van der Waals surface area (Å²) in [6, 6.07) is 5.15. The topological polar surface area (TPSA) is 46.2 Å². The average molecular weight is 339 g/mol. The van der Waals surface area contributed by atoms with Crippen LogP contribution >= 0.6 is 11.8 Å². The molecule has 1 aromatic rings. The van der Waals surface area contributed by atoms with E-state index in [0.29, 0.717) is 6.54 Å². The number of sulfone groups is 1. The molecule has 0 aromatic heterocycles. The van der Waals surface area contributed by atoms with Crippen LogP contribution in [0.3, 0.4) is 0 Å². The van der Waals surface area contributed by atoms with Gasteiger partial charge in [0.25, 0.3) is 9.84 Å². The van der Waals surface area contributed by atoms with Crippen molar-refractivity contribution in [3.63, 3.8) is 0 Å². The molecule has 0 aliphatic carbocycles. The van der Waals surface area contributed by atoms with Crippen LogP contribution in [0.1, 0.15) is 19.8 Å².